The van der Waals surface area contributed by atoms with E-state index in [9.17, 15) is 9.90 Å². The van der Waals surface area contributed by atoms with Crippen molar-refractivity contribution in [3.63, 3.8) is 0 Å². The van der Waals surface area contributed by atoms with Crippen molar-refractivity contribution in [2.75, 3.05) is 0 Å². The van der Waals surface area contributed by atoms with Gasteiger partial charge in [-0.05, 0) is 72.6 Å². The number of phenols is 1. The van der Waals surface area contributed by atoms with Crippen LogP contribution >= 0.6 is 0 Å². The number of rotatable bonds is 0. The highest BCUT2D eigenvalue weighted by molar-refractivity contribution is 5.87. The topological polar surface area (TPSA) is 37.3 Å². The molecular formula is C19H24O2. The number of carbonyl (C=O) groups is 1. The first kappa shape index (κ1) is 13.4. The lowest BCUT2D eigenvalue weighted by atomic mass is 9.53. The van der Waals surface area contributed by atoms with E-state index >= 15 is 0 Å². The Kier molecular flexibility index (Phi) is 2.76. The van der Waals surface area contributed by atoms with E-state index in [1.165, 1.54) is 11.1 Å². The van der Waals surface area contributed by atoms with Gasteiger partial charge in [-0.25, -0.2) is 0 Å². The second-order valence-electron chi connectivity index (χ2n) is 7.77. The average molecular weight is 284 g/mol. The zero-order chi connectivity index (χ0) is 14.8. The molecule has 21 heavy (non-hydrogen) atoms. The molecule has 0 bridgehead atoms. The van der Waals surface area contributed by atoms with Gasteiger partial charge < -0.3 is 5.11 Å². The molecule has 0 spiro atoms. The van der Waals surface area contributed by atoms with E-state index in [0.717, 1.165) is 32.1 Å². The predicted octanol–water partition coefficient (Wildman–Crippen LogP) is 4.06. The summed E-state index contributed by atoms with van der Waals surface area (Å²) in [7, 11) is 0. The third-order valence-corrected chi connectivity index (χ3v) is 6.77. The van der Waals surface area contributed by atoms with Gasteiger partial charge in [0, 0.05) is 11.8 Å². The van der Waals surface area contributed by atoms with Crippen LogP contribution in [-0.2, 0) is 11.2 Å². The third-order valence-electron chi connectivity index (χ3n) is 6.77. The molecule has 3 aliphatic carbocycles. The summed E-state index contributed by atoms with van der Waals surface area (Å²) in [4.78, 5) is 12.4. The Labute approximate surface area is 126 Å². The van der Waals surface area contributed by atoms with E-state index in [-0.39, 0.29) is 5.41 Å². The van der Waals surface area contributed by atoms with Crippen molar-refractivity contribution in [3.8, 4) is 5.75 Å². The van der Waals surface area contributed by atoms with E-state index in [0.29, 0.717) is 35.2 Å². The van der Waals surface area contributed by atoms with Crippen LogP contribution in [0.2, 0.25) is 0 Å². The fourth-order valence-corrected chi connectivity index (χ4v) is 5.74. The molecule has 0 aromatic heterocycles. The van der Waals surface area contributed by atoms with Crippen LogP contribution in [0.15, 0.2) is 18.2 Å². The lowest BCUT2D eigenvalue weighted by molar-refractivity contribution is -0.129. The van der Waals surface area contributed by atoms with Crippen LogP contribution in [0.3, 0.4) is 0 Å². The maximum atomic E-state index is 12.4. The summed E-state index contributed by atoms with van der Waals surface area (Å²) < 4.78 is 0. The van der Waals surface area contributed by atoms with E-state index in [4.69, 9.17) is 0 Å². The maximum Gasteiger partial charge on any atom is 0.139 e. The molecule has 2 heteroatoms. The van der Waals surface area contributed by atoms with Crippen molar-refractivity contribution in [2.45, 2.75) is 51.9 Å². The minimum absolute atomic E-state index is 0.0517. The van der Waals surface area contributed by atoms with Crippen LogP contribution < -0.4 is 0 Å². The highest BCUT2D eigenvalue weighted by Gasteiger charge is 2.56. The second-order valence-corrected chi connectivity index (χ2v) is 7.77. The first-order valence-electron chi connectivity index (χ1n) is 8.36. The summed E-state index contributed by atoms with van der Waals surface area (Å²) in [6, 6.07) is 5.92. The first-order valence-corrected chi connectivity index (χ1v) is 8.36. The Bertz CT molecular complexity index is 606. The molecule has 2 nitrogen and oxygen atoms in total. The molecule has 3 aliphatic rings. The second kappa shape index (κ2) is 4.34. The van der Waals surface area contributed by atoms with Gasteiger partial charge in [-0.1, -0.05) is 19.9 Å². The van der Waals surface area contributed by atoms with Crippen molar-refractivity contribution in [2.24, 2.45) is 23.2 Å². The largest absolute Gasteiger partial charge is 0.508 e. The number of aromatic hydroxyl groups is 1. The molecule has 0 heterocycles. The van der Waals surface area contributed by atoms with Gasteiger partial charge in [-0.3, -0.25) is 4.79 Å². The number of benzene rings is 1. The Balaban J connectivity index is 1.77. The highest BCUT2D eigenvalue weighted by atomic mass is 16.3. The summed E-state index contributed by atoms with van der Waals surface area (Å²) in [5.41, 5.74) is 2.72. The van der Waals surface area contributed by atoms with E-state index in [1.54, 1.807) is 0 Å². The van der Waals surface area contributed by atoms with Crippen LogP contribution in [0.5, 0.6) is 5.75 Å². The van der Waals surface area contributed by atoms with Gasteiger partial charge in [0.2, 0.25) is 0 Å². The van der Waals surface area contributed by atoms with Gasteiger partial charge in [0.15, 0.2) is 0 Å². The molecule has 112 valence electrons. The third kappa shape index (κ3) is 1.74. The van der Waals surface area contributed by atoms with Gasteiger partial charge in [-0.2, -0.15) is 0 Å². The standard InChI is InChI=1S/C19H24O2/c1-11-9-12-10-13(20)3-4-14(12)15-7-8-19(2)16(18(11)15)5-6-17(19)21/h3-4,10-11,15-16,18,20H,5-9H2,1-2H3/t11-,15+,16-,18+,19+/m0/s1. The lowest BCUT2D eigenvalue weighted by Crippen LogP contribution is -2.45. The first-order chi connectivity index (χ1) is 10.0. The fourth-order valence-electron chi connectivity index (χ4n) is 5.74. The maximum absolute atomic E-state index is 12.4. The summed E-state index contributed by atoms with van der Waals surface area (Å²) in [5.74, 6) is 3.31. The zero-order valence-corrected chi connectivity index (χ0v) is 12.9. The number of fused-ring (bicyclic) bond motifs is 5. The smallest absolute Gasteiger partial charge is 0.139 e. The molecule has 0 aliphatic heterocycles. The van der Waals surface area contributed by atoms with Gasteiger partial charge >= 0.3 is 0 Å². The van der Waals surface area contributed by atoms with Crippen molar-refractivity contribution < 1.29 is 9.90 Å². The lowest BCUT2D eigenvalue weighted by Gasteiger charge is -2.51. The summed E-state index contributed by atoms with van der Waals surface area (Å²) >= 11 is 0. The van der Waals surface area contributed by atoms with Gasteiger partial charge in [0.1, 0.15) is 11.5 Å². The van der Waals surface area contributed by atoms with Crippen LogP contribution in [0.25, 0.3) is 0 Å². The van der Waals surface area contributed by atoms with Gasteiger partial charge in [0.05, 0.1) is 0 Å². The van der Waals surface area contributed by atoms with Crippen molar-refractivity contribution >= 4 is 5.78 Å². The van der Waals surface area contributed by atoms with Crippen molar-refractivity contribution in [1.29, 1.82) is 0 Å². The molecule has 0 radical (unpaired) electrons. The zero-order valence-electron chi connectivity index (χ0n) is 12.9. The van der Waals surface area contributed by atoms with Gasteiger partial charge in [0.25, 0.3) is 0 Å². The number of Topliss-reactive ketones (excluding diaryl/α,β-unsaturated/α-hetero) is 1. The summed E-state index contributed by atoms with van der Waals surface area (Å²) in [6.45, 7) is 4.57. The van der Waals surface area contributed by atoms with Crippen LogP contribution in [0, 0.1) is 23.2 Å². The summed E-state index contributed by atoms with van der Waals surface area (Å²) in [5, 5.41) is 9.75. The molecule has 4 rings (SSSR count). The quantitative estimate of drug-likeness (QED) is 0.780. The number of ketones is 1. The Morgan fingerprint density at radius 3 is 2.90 bits per heavy atom. The molecule has 2 fully saturated rings. The minimum Gasteiger partial charge on any atom is -0.508 e. The molecule has 1 aromatic carbocycles. The Morgan fingerprint density at radius 2 is 2.10 bits per heavy atom. The van der Waals surface area contributed by atoms with E-state index < -0.39 is 0 Å². The monoisotopic (exact) mass is 284 g/mol. The fraction of sp³-hybridized carbons (Fsp3) is 0.632. The molecule has 1 N–H and O–H groups in total. The predicted molar refractivity (Wildman–Crippen MR) is 82.3 cm³/mol. The van der Waals surface area contributed by atoms with Crippen molar-refractivity contribution in [3.05, 3.63) is 29.3 Å². The van der Waals surface area contributed by atoms with E-state index in [1.807, 2.05) is 12.1 Å². The Hall–Kier alpha value is -1.31. The van der Waals surface area contributed by atoms with Crippen LogP contribution in [-0.4, -0.2) is 10.9 Å². The molecule has 1 aromatic rings. The normalized spacial score (nSPS) is 41.3. The molecule has 2 saturated carbocycles. The average Bonchev–Trinajstić information content (AvgIpc) is 2.74. The van der Waals surface area contributed by atoms with Gasteiger partial charge in [-0.15, -0.1) is 0 Å². The number of carbonyl (C=O) groups excluding carboxylic acids is 1. The highest BCUT2D eigenvalue weighted by Crippen LogP contribution is 2.60. The van der Waals surface area contributed by atoms with Crippen LogP contribution in [0.1, 0.15) is 56.6 Å². The summed E-state index contributed by atoms with van der Waals surface area (Å²) in [6.07, 6.45) is 5.11. The number of hydrogen-bond donors (Lipinski definition) is 1. The SMILES string of the molecule is C[C@H]1Cc2cc(O)ccc2[C@H]2CC[C@@]3(C)C(=O)CC[C@H]3[C@@H]21. The minimum atomic E-state index is -0.0517. The molecule has 0 amide bonds. The molecular weight excluding hydrogens is 260 g/mol. The Morgan fingerprint density at radius 1 is 1.29 bits per heavy atom. The number of hydrogen-bond acceptors (Lipinski definition) is 2. The molecule has 5 atom stereocenters. The molecule has 0 unspecified atom stereocenters. The number of phenolic OH excluding ortho intramolecular Hbond substituents is 1. The van der Waals surface area contributed by atoms with E-state index in [2.05, 4.69) is 19.9 Å². The van der Waals surface area contributed by atoms with Crippen molar-refractivity contribution in [1.82, 2.24) is 0 Å². The molecule has 0 saturated heterocycles. The van der Waals surface area contributed by atoms with Crippen LogP contribution in [0.4, 0.5) is 0 Å².